The number of hydrogen-bond donors (Lipinski definition) is 1. The maximum Gasteiger partial charge on any atom is 0.137 e. The smallest absolute Gasteiger partial charge is 0.137 e. The molecule has 2 bridgehead atoms. The fraction of sp³-hybridized carbons (Fsp3) is 0.533. The van der Waals surface area contributed by atoms with Gasteiger partial charge in [0.25, 0.3) is 0 Å². The Kier molecular flexibility index (Phi) is 3.31. The average Bonchev–Trinajstić information content (AvgIpc) is 2.69. The summed E-state index contributed by atoms with van der Waals surface area (Å²) in [6.45, 7) is 0. The number of methoxy groups -OCH3 is 1. The molecule has 0 amide bonds. The van der Waals surface area contributed by atoms with Gasteiger partial charge in [-0.1, -0.05) is 12.1 Å². The van der Waals surface area contributed by atoms with E-state index in [9.17, 15) is 14.6 Å². The molecule has 2 atom stereocenters. The van der Waals surface area contributed by atoms with E-state index in [0.29, 0.717) is 29.7 Å². The Balaban J connectivity index is 2.05. The Morgan fingerprint density at radius 3 is 2.60 bits per heavy atom. The summed E-state index contributed by atoms with van der Waals surface area (Å²) in [5.41, 5.74) is -0.0446. The van der Waals surface area contributed by atoms with E-state index >= 15 is 0 Å². The topological polar surface area (TPSA) is 70.3 Å². The molecule has 2 saturated heterocycles. The molecular formula is C15H17NO3S. The monoisotopic (exact) mass is 291 g/mol. The van der Waals surface area contributed by atoms with Gasteiger partial charge < -0.3 is 9.84 Å². The van der Waals surface area contributed by atoms with Crippen LogP contribution >= 0.6 is 0 Å². The molecule has 2 aliphatic heterocycles. The molecule has 1 aromatic rings. The summed E-state index contributed by atoms with van der Waals surface area (Å²) in [7, 11) is 0.689. The zero-order valence-corrected chi connectivity index (χ0v) is 12.2. The van der Waals surface area contributed by atoms with Crippen LogP contribution in [-0.4, -0.2) is 26.9 Å². The highest BCUT2D eigenvalue weighted by Gasteiger charge is 2.49. The zero-order valence-electron chi connectivity index (χ0n) is 11.3. The highest BCUT2D eigenvalue weighted by Crippen LogP contribution is 2.47. The number of rotatable bonds is 2. The van der Waals surface area contributed by atoms with Crippen LogP contribution in [0.4, 0.5) is 0 Å². The van der Waals surface area contributed by atoms with Gasteiger partial charge in [-0.15, -0.1) is 0 Å². The van der Waals surface area contributed by atoms with E-state index in [0.717, 1.165) is 12.8 Å². The maximum atomic E-state index is 12.1. The first-order chi connectivity index (χ1) is 9.59. The third kappa shape index (κ3) is 1.95. The number of ether oxygens (including phenoxy) is 1. The quantitative estimate of drug-likeness (QED) is 0.902. The van der Waals surface area contributed by atoms with Crippen molar-refractivity contribution in [3.8, 4) is 11.8 Å². The molecule has 20 heavy (non-hydrogen) atoms. The highest BCUT2D eigenvalue weighted by molar-refractivity contribution is 7.86. The summed E-state index contributed by atoms with van der Waals surface area (Å²) in [4.78, 5) is 0. The molecule has 4 nitrogen and oxygen atoms in total. The van der Waals surface area contributed by atoms with Gasteiger partial charge in [0.1, 0.15) is 17.4 Å². The molecule has 2 aliphatic rings. The van der Waals surface area contributed by atoms with Gasteiger partial charge in [0.15, 0.2) is 0 Å². The predicted molar refractivity (Wildman–Crippen MR) is 75.8 cm³/mol. The van der Waals surface area contributed by atoms with Crippen molar-refractivity contribution < 1.29 is 14.1 Å². The van der Waals surface area contributed by atoms with Crippen molar-refractivity contribution >= 4 is 10.8 Å². The van der Waals surface area contributed by atoms with Gasteiger partial charge in [-0.25, -0.2) is 0 Å². The first kappa shape index (κ1) is 13.6. The number of fused-ring (bicyclic) bond motifs is 2. The van der Waals surface area contributed by atoms with Crippen molar-refractivity contribution in [1.82, 2.24) is 0 Å². The summed E-state index contributed by atoms with van der Waals surface area (Å²) < 4.78 is 17.3. The van der Waals surface area contributed by atoms with E-state index in [1.807, 2.05) is 0 Å². The summed E-state index contributed by atoms with van der Waals surface area (Å²) in [6, 6.07) is 7.44. The van der Waals surface area contributed by atoms with Crippen molar-refractivity contribution in [2.24, 2.45) is 0 Å². The number of benzene rings is 1. The van der Waals surface area contributed by atoms with Gasteiger partial charge in [-0.05, 0) is 31.7 Å². The van der Waals surface area contributed by atoms with Crippen LogP contribution in [0, 0.1) is 11.3 Å². The fourth-order valence-electron chi connectivity index (χ4n) is 3.51. The van der Waals surface area contributed by atoms with E-state index in [-0.39, 0.29) is 10.5 Å². The van der Waals surface area contributed by atoms with E-state index in [4.69, 9.17) is 4.74 Å². The molecule has 0 aromatic heterocycles. The Bertz CT molecular complexity index is 592. The van der Waals surface area contributed by atoms with E-state index < -0.39 is 16.4 Å². The maximum absolute atomic E-state index is 12.1. The molecule has 1 N–H and O–H groups in total. The summed E-state index contributed by atoms with van der Waals surface area (Å²) in [5, 5.41) is 20.5. The van der Waals surface area contributed by atoms with Gasteiger partial charge in [0.2, 0.25) is 0 Å². The molecule has 2 unspecified atom stereocenters. The standard InChI is InChI=1S/C15H17NO3S/c1-19-14-4-2-3-13(12(14)9-16)15(17)7-10-5-6-11(8-15)20(10)18/h2-4,10-11,17H,5-8H2,1H3. The van der Waals surface area contributed by atoms with E-state index in [2.05, 4.69) is 6.07 Å². The van der Waals surface area contributed by atoms with E-state index in [1.54, 1.807) is 18.2 Å². The minimum atomic E-state index is -1.06. The molecule has 2 heterocycles. The third-order valence-corrected chi connectivity index (χ3v) is 6.58. The van der Waals surface area contributed by atoms with Crippen LogP contribution in [0.5, 0.6) is 5.75 Å². The largest absolute Gasteiger partial charge is 0.495 e. The van der Waals surface area contributed by atoms with Gasteiger partial charge in [0.05, 0.1) is 12.7 Å². The molecule has 1 aromatic carbocycles. The van der Waals surface area contributed by atoms with Crippen molar-refractivity contribution in [2.75, 3.05) is 7.11 Å². The second-order valence-electron chi connectivity index (χ2n) is 5.58. The summed E-state index contributed by atoms with van der Waals surface area (Å²) in [6.07, 6.45) is 2.76. The number of nitriles is 1. The molecule has 106 valence electrons. The SMILES string of the molecule is COc1cccc(C2(O)CC3CCC(C2)S3=O)c1C#N. The minimum absolute atomic E-state index is 0.0523. The molecule has 3 rings (SSSR count). The van der Waals surface area contributed by atoms with Crippen molar-refractivity contribution in [1.29, 1.82) is 5.26 Å². The minimum Gasteiger partial charge on any atom is -0.495 e. The fourth-order valence-corrected chi connectivity index (χ4v) is 5.67. The van der Waals surface area contributed by atoms with Crippen LogP contribution in [-0.2, 0) is 16.4 Å². The molecule has 2 fully saturated rings. The van der Waals surface area contributed by atoms with Crippen LogP contribution in [0.25, 0.3) is 0 Å². The van der Waals surface area contributed by atoms with Crippen LogP contribution in [0.15, 0.2) is 18.2 Å². The van der Waals surface area contributed by atoms with Crippen molar-refractivity contribution in [3.63, 3.8) is 0 Å². The normalized spacial score (nSPS) is 35.5. The highest BCUT2D eigenvalue weighted by atomic mass is 32.2. The lowest BCUT2D eigenvalue weighted by Gasteiger charge is -2.36. The van der Waals surface area contributed by atoms with Gasteiger partial charge in [0, 0.05) is 26.9 Å². The first-order valence-electron chi connectivity index (χ1n) is 6.78. The molecule has 0 spiro atoms. The number of hydrogen-bond acceptors (Lipinski definition) is 4. The molecule has 0 saturated carbocycles. The van der Waals surface area contributed by atoms with Crippen molar-refractivity contribution in [3.05, 3.63) is 29.3 Å². The lowest BCUT2D eigenvalue weighted by Crippen LogP contribution is -2.40. The second kappa shape index (κ2) is 4.87. The van der Waals surface area contributed by atoms with E-state index in [1.165, 1.54) is 7.11 Å². The summed E-state index contributed by atoms with van der Waals surface area (Å²) in [5.74, 6) is 0.484. The Labute approximate surface area is 120 Å². The lowest BCUT2D eigenvalue weighted by atomic mass is 9.83. The Hall–Kier alpha value is -1.38. The Morgan fingerprint density at radius 1 is 1.40 bits per heavy atom. The van der Waals surface area contributed by atoms with Crippen LogP contribution in [0.3, 0.4) is 0 Å². The van der Waals surface area contributed by atoms with Crippen LogP contribution in [0.2, 0.25) is 0 Å². The molecule has 0 aliphatic carbocycles. The second-order valence-corrected chi connectivity index (χ2v) is 7.57. The van der Waals surface area contributed by atoms with Crippen molar-refractivity contribution in [2.45, 2.75) is 41.8 Å². The number of aliphatic hydroxyl groups is 1. The average molecular weight is 291 g/mol. The van der Waals surface area contributed by atoms with Gasteiger partial charge in [-0.2, -0.15) is 5.26 Å². The zero-order chi connectivity index (χ0) is 14.3. The molecule has 0 radical (unpaired) electrons. The molecule has 5 heteroatoms. The van der Waals surface area contributed by atoms with Crippen LogP contribution < -0.4 is 4.74 Å². The molecular weight excluding hydrogens is 274 g/mol. The summed E-state index contributed by atoms with van der Waals surface area (Å²) >= 11 is 0. The number of nitrogens with zero attached hydrogens (tertiary/aromatic N) is 1. The Morgan fingerprint density at radius 2 is 2.05 bits per heavy atom. The lowest BCUT2D eigenvalue weighted by molar-refractivity contribution is 0.0180. The van der Waals surface area contributed by atoms with Gasteiger partial charge >= 0.3 is 0 Å². The van der Waals surface area contributed by atoms with Gasteiger partial charge in [-0.3, -0.25) is 4.21 Å². The first-order valence-corrected chi connectivity index (χ1v) is 8.06. The third-order valence-electron chi connectivity index (χ3n) is 4.46. The predicted octanol–water partition coefficient (Wildman–Crippen LogP) is 1.83. The van der Waals surface area contributed by atoms with Crippen LogP contribution in [0.1, 0.15) is 36.8 Å².